The highest BCUT2D eigenvalue weighted by atomic mass is 32.2. The molecule has 0 saturated heterocycles. The van der Waals surface area contributed by atoms with E-state index < -0.39 is 11.9 Å². The smallest absolute Gasteiger partial charge is 0.356 e. The van der Waals surface area contributed by atoms with Gasteiger partial charge in [0.15, 0.2) is 10.3 Å². The van der Waals surface area contributed by atoms with Crippen molar-refractivity contribution in [3.05, 3.63) is 35.7 Å². The number of thiazole rings is 1. The van der Waals surface area contributed by atoms with Crippen LogP contribution in [0.4, 0.5) is 5.13 Å². The van der Waals surface area contributed by atoms with Gasteiger partial charge in [-0.25, -0.2) is 19.6 Å². The number of carboxylic acid groups (broad SMARTS) is 1. The number of ether oxygens (including phenoxy) is 1. The molecule has 27 heavy (non-hydrogen) atoms. The van der Waals surface area contributed by atoms with Gasteiger partial charge >= 0.3 is 11.9 Å². The lowest BCUT2D eigenvalue weighted by atomic mass is 10.2. The van der Waals surface area contributed by atoms with Crippen molar-refractivity contribution in [3.63, 3.8) is 0 Å². The summed E-state index contributed by atoms with van der Waals surface area (Å²) >= 11 is 2.32. The van der Waals surface area contributed by atoms with E-state index in [1.807, 2.05) is 0 Å². The number of thioether (sulfide) groups is 1. The zero-order valence-corrected chi connectivity index (χ0v) is 15.6. The summed E-state index contributed by atoms with van der Waals surface area (Å²) in [5.41, 5.74) is 0.994. The highest BCUT2D eigenvalue weighted by Crippen LogP contribution is 2.27. The average Bonchev–Trinajstić information content (AvgIpc) is 3.25. The van der Waals surface area contributed by atoms with Crippen molar-refractivity contribution in [2.75, 3.05) is 17.7 Å². The van der Waals surface area contributed by atoms with Gasteiger partial charge in [0.25, 0.3) is 0 Å². The highest BCUT2D eigenvalue weighted by molar-refractivity contribution is 7.99. The van der Waals surface area contributed by atoms with Gasteiger partial charge in [-0.05, 0) is 25.1 Å². The molecule has 0 unspecified atom stereocenters. The predicted octanol–water partition coefficient (Wildman–Crippen LogP) is 2.63. The SMILES string of the molecule is CCOC(=O)c1cnc(SCC(=O)Nc2nc3ccc(C(=O)O)cc3s2)[nH]1. The number of aromatic carboxylic acids is 1. The number of hydrogen-bond acceptors (Lipinski definition) is 8. The minimum absolute atomic E-state index is 0.0616. The fourth-order valence-electron chi connectivity index (χ4n) is 2.09. The van der Waals surface area contributed by atoms with E-state index in [-0.39, 0.29) is 29.5 Å². The summed E-state index contributed by atoms with van der Waals surface area (Å²) in [6.07, 6.45) is 1.35. The van der Waals surface area contributed by atoms with Crippen LogP contribution in [0, 0.1) is 0 Å². The molecule has 0 aliphatic carbocycles. The maximum atomic E-state index is 12.1. The number of H-pyrrole nitrogens is 1. The Labute approximate surface area is 161 Å². The number of carbonyl (C=O) groups is 3. The minimum Gasteiger partial charge on any atom is -0.478 e. The third kappa shape index (κ3) is 4.63. The standard InChI is InChI=1S/C16H14N4O5S2/c1-2-25-14(24)10-6-17-15(19-10)26-7-12(21)20-16-18-9-4-3-8(13(22)23)5-11(9)27-16/h3-6H,2,7H2,1H3,(H,17,19)(H,22,23)(H,18,20,21). The second-order valence-corrected chi connectivity index (χ2v) is 7.16. The molecule has 1 amide bonds. The topological polar surface area (TPSA) is 134 Å². The van der Waals surface area contributed by atoms with E-state index in [0.717, 1.165) is 11.8 Å². The normalized spacial score (nSPS) is 10.7. The number of hydrogen-bond donors (Lipinski definition) is 3. The van der Waals surface area contributed by atoms with Crippen LogP contribution in [0.1, 0.15) is 27.8 Å². The van der Waals surface area contributed by atoms with Crippen LogP contribution in [-0.2, 0) is 9.53 Å². The van der Waals surface area contributed by atoms with Crippen LogP contribution in [0.25, 0.3) is 10.2 Å². The van der Waals surface area contributed by atoms with Crippen molar-refractivity contribution in [1.29, 1.82) is 0 Å². The number of rotatable bonds is 7. The Kier molecular flexibility index (Phi) is 5.72. The first kappa shape index (κ1) is 18.9. The van der Waals surface area contributed by atoms with Crippen molar-refractivity contribution < 1.29 is 24.2 Å². The van der Waals surface area contributed by atoms with E-state index in [0.29, 0.717) is 20.5 Å². The van der Waals surface area contributed by atoms with Crippen LogP contribution in [0.15, 0.2) is 29.6 Å². The zero-order valence-electron chi connectivity index (χ0n) is 14.0. The molecule has 9 nitrogen and oxygen atoms in total. The number of carbonyl (C=O) groups excluding carboxylic acids is 2. The van der Waals surface area contributed by atoms with Crippen LogP contribution in [-0.4, -0.2) is 50.3 Å². The molecule has 0 aliphatic rings. The maximum Gasteiger partial charge on any atom is 0.356 e. The molecule has 3 aromatic rings. The number of benzene rings is 1. The van der Waals surface area contributed by atoms with Gasteiger partial charge in [0.05, 0.1) is 34.3 Å². The maximum absolute atomic E-state index is 12.1. The molecule has 0 saturated carbocycles. The van der Waals surface area contributed by atoms with Gasteiger partial charge in [0.2, 0.25) is 5.91 Å². The molecule has 140 valence electrons. The Morgan fingerprint density at radius 1 is 1.37 bits per heavy atom. The Balaban J connectivity index is 1.58. The number of anilines is 1. The monoisotopic (exact) mass is 406 g/mol. The molecule has 2 heterocycles. The van der Waals surface area contributed by atoms with E-state index >= 15 is 0 Å². The predicted molar refractivity (Wildman–Crippen MR) is 100 cm³/mol. The second-order valence-electron chi connectivity index (χ2n) is 5.17. The Bertz CT molecular complexity index is 1010. The summed E-state index contributed by atoms with van der Waals surface area (Å²) in [5, 5.41) is 12.5. The molecule has 0 radical (unpaired) electrons. The third-order valence-corrected chi connectivity index (χ3v) is 5.09. The van der Waals surface area contributed by atoms with E-state index in [4.69, 9.17) is 9.84 Å². The lowest BCUT2D eigenvalue weighted by Gasteiger charge is -2.00. The van der Waals surface area contributed by atoms with Crippen LogP contribution in [0.5, 0.6) is 0 Å². The summed E-state index contributed by atoms with van der Waals surface area (Å²) < 4.78 is 5.52. The zero-order chi connectivity index (χ0) is 19.4. The van der Waals surface area contributed by atoms with Crippen molar-refractivity contribution >= 4 is 56.3 Å². The summed E-state index contributed by atoms with van der Waals surface area (Å²) in [6, 6.07) is 4.57. The number of nitrogens with zero attached hydrogens (tertiary/aromatic N) is 2. The quantitative estimate of drug-likeness (QED) is 0.403. The molecule has 0 atom stereocenters. The molecule has 0 fully saturated rings. The Morgan fingerprint density at radius 2 is 2.19 bits per heavy atom. The van der Waals surface area contributed by atoms with Gasteiger partial charge in [-0.2, -0.15) is 0 Å². The van der Waals surface area contributed by atoms with E-state index in [2.05, 4.69) is 20.3 Å². The molecular formula is C16H14N4O5S2. The van der Waals surface area contributed by atoms with Gasteiger partial charge in [-0.1, -0.05) is 23.1 Å². The fraction of sp³-hybridized carbons (Fsp3) is 0.188. The molecule has 0 bridgehead atoms. The first-order valence-electron chi connectivity index (χ1n) is 7.75. The summed E-state index contributed by atoms with van der Waals surface area (Å²) in [4.78, 5) is 45.7. The summed E-state index contributed by atoms with van der Waals surface area (Å²) in [5.74, 6) is -1.76. The van der Waals surface area contributed by atoms with Gasteiger partial charge in [0, 0.05) is 0 Å². The average molecular weight is 406 g/mol. The number of aromatic amines is 1. The van der Waals surface area contributed by atoms with Crippen molar-refractivity contribution in [2.24, 2.45) is 0 Å². The Morgan fingerprint density at radius 3 is 2.93 bits per heavy atom. The van der Waals surface area contributed by atoms with Gasteiger partial charge in [-0.3, -0.25) is 4.79 Å². The number of nitrogens with one attached hydrogen (secondary N) is 2. The second kappa shape index (κ2) is 8.18. The highest BCUT2D eigenvalue weighted by Gasteiger charge is 2.13. The fourth-order valence-corrected chi connectivity index (χ4v) is 3.66. The van der Waals surface area contributed by atoms with Crippen molar-refractivity contribution in [3.8, 4) is 0 Å². The minimum atomic E-state index is -1.02. The number of esters is 1. The number of imidazole rings is 1. The van der Waals surface area contributed by atoms with Crippen LogP contribution >= 0.6 is 23.1 Å². The molecular weight excluding hydrogens is 392 g/mol. The van der Waals surface area contributed by atoms with Crippen LogP contribution < -0.4 is 5.32 Å². The van der Waals surface area contributed by atoms with Gasteiger partial charge in [-0.15, -0.1) is 0 Å². The van der Waals surface area contributed by atoms with Crippen LogP contribution in [0.2, 0.25) is 0 Å². The van der Waals surface area contributed by atoms with E-state index in [1.165, 1.54) is 29.7 Å². The number of aromatic nitrogens is 3. The largest absolute Gasteiger partial charge is 0.478 e. The van der Waals surface area contributed by atoms with E-state index in [1.54, 1.807) is 13.0 Å². The number of fused-ring (bicyclic) bond motifs is 1. The van der Waals surface area contributed by atoms with Crippen molar-refractivity contribution in [1.82, 2.24) is 15.0 Å². The molecule has 3 N–H and O–H groups in total. The lowest BCUT2D eigenvalue weighted by molar-refractivity contribution is -0.113. The Hall–Kier alpha value is -2.92. The molecule has 2 aromatic heterocycles. The molecule has 0 spiro atoms. The summed E-state index contributed by atoms with van der Waals surface area (Å²) in [6.45, 7) is 1.97. The molecule has 0 aliphatic heterocycles. The lowest BCUT2D eigenvalue weighted by Crippen LogP contribution is -2.13. The first-order valence-corrected chi connectivity index (χ1v) is 9.55. The van der Waals surface area contributed by atoms with E-state index in [9.17, 15) is 14.4 Å². The molecule has 3 rings (SSSR count). The first-order chi connectivity index (χ1) is 13.0. The summed E-state index contributed by atoms with van der Waals surface area (Å²) in [7, 11) is 0. The molecule has 11 heteroatoms. The van der Waals surface area contributed by atoms with Crippen LogP contribution in [0.3, 0.4) is 0 Å². The van der Waals surface area contributed by atoms with Gasteiger partial charge < -0.3 is 20.1 Å². The molecule has 1 aromatic carbocycles. The van der Waals surface area contributed by atoms with Crippen molar-refractivity contribution in [2.45, 2.75) is 12.1 Å². The van der Waals surface area contributed by atoms with Gasteiger partial charge in [0.1, 0.15) is 5.69 Å². The number of carboxylic acids is 1. The number of amides is 1. The third-order valence-electron chi connectivity index (χ3n) is 3.27.